The SMILES string of the molecule is CC(C)CN1C[C@@H](C(=O)N2C[C@@H](C)[C@@](O)(c3ccccc3)[C@@H](C)C2)[C@H](c2ccc(F)cc2F)C1.Cl. The third kappa shape index (κ3) is 5.40. The van der Waals surface area contributed by atoms with Crippen LogP contribution in [0.2, 0.25) is 0 Å². The maximum absolute atomic E-state index is 14.8. The van der Waals surface area contributed by atoms with Crippen LogP contribution in [0.15, 0.2) is 48.5 Å². The molecule has 1 N–H and O–H groups in total. The molecule has 4 rings (SSSR count). The molecule has 2 aliphatic heterocycles. The quantitative estimate of drug-likeness (QED) is 0.616. The van der Waals surface area contributed by atoms with Crippen molar-refractivity contribution in [2.24, 2.45) is 23.7 Å². The molecule has 1 amide bonds. The third-order valence-corrected chi connectivity index (χ3v) is 7.74. The second-order valence-corrected chi connectivity index (χ2v) is 10.7. The first kappa shape index (κ1) is 27.6. The summed E-state index contributed by atoms with van der Waals surface area (Å²) in [6, 6.07) is 13.3. The Hall–Kier alpha value is -2.02. The second kappa shape index (κ2) is 10.9. The Morgan fingerprint density at radius 1 is 1.03 bits per heavy atom. The zero-order valence-corrected chi connectivity index (χ0v) is 21.8. The monoisotopic (exact) mass is 506 g/mol. The molecule has 0 bridgehead atoms. The Kier molecular flexibility index (Phi) is 8.61. The van der Waals surface area contributed by atoms with Crippen molar-refractivity contribution in [2.45, 2.75) is 39.2 Å². The van der Waals surface area contributed by atoms with Crippen LogP contribution >= 0.6 is 12.4 Å². The number of halogens is 3. The lowest BCUT2D eigenvalue weighted by molar-refractivity contribution is -0.152. The van der Waals surface area contributed by atoms with E-state index in [1.54, 1.807) is 0 Å². The molecule has 0 aromatic heterocycles. The van der Waals surface area contributed by atoms with Crippen molar-refractivity contribution >= 4 is 18.3 Å². The van der Waals surface area contributed by atoms with Crippen LogP contribution in [-0.2, 0) is 10.4 Å². The largest absolute Gasteiger partial charge is 0.384 e. The number of likely N-dealkylation sites (tertiary alicyclic amines) is 2. The fourth-order valence-corrected chi connectivity index (χ4v) is 6.11. The van der Waals surface area contributed by atoms with Gasteiger partial charge in [-0.15, -0.1) is 12.4 Å². The molecule has 192 valence electrons. The summed E-state index contributed by atoms with van der Waals surface area (Å²) in [4.78, 5) is 17.9. The number of aliphatic hydroxyl groups is 1. The summed E-state index contributed by atoms with van der Waals surface area (Å²) in [5, 5.41) is 11.6. The number of hydrogen-bond acceptors (Lipinski definition) is 3. The van der Waals surface area contributed by atoms with Gasteiger partial charge in [0, 0.05) is 56.5 Å². The highest BCUT2D eigenvalue weighted by Gasteiger charge is 2.49. The third-order valence-electron chi connectivity index (χ3n) is 7.74. The molecule has 0 radical (unpaired) electrons. The van der Waals surface area contributed by atoms with E-state index in [2.05, 4.69) is 18.7 Å². The molecule has 2 aromatic rings. The molecule has 2 aliphatic rings. The molecule has 0 aliphatic carbocycles. The number of amides is 1. The van der Waals surface area contributed by atoms with Gasteiger partial charge in [0.1, 0.15) is 11.6 Å². The van der Waals surface area contributed by atoms with E-state index >= 15 is 0 Å². The first-order chi connectivity index (χ1) is 16.1. The first-order valence-electron chi connectivity index (χ1n) is 12.3. The Morgan fingerprint density at radius 2 is 1.66 bits per heavy atom. The van der Waals surface area contributed by atoms with Gasteiger partial charge in [-0.1, -0.05) is 64.1 Å². The van der Waals surface area contributed by atoms with Crippen LogP contribution in [0.4, 0.5) is 8.78 Å². The lowest BCUT2D eigenvalue weighted by Gasteiger charge is -2.48. The van der Waals surface area contributed by atoms with E-state index in [0.717, 1.165) is 18.2 Å². The predicted octanol–water partition coefficient (Wildman–Crippen LogP) is 5.06. The zero-order valence-electron chi connectivity index (χ0n) is 21.0. The van der Waals surface area contributed by atoms with Gasteiger partial charge in [0.15, 0.2) is 0 Å². The smallest absolute Gasteiger partial charge is 0.227 e. The molecular formula is C28H37ClF2N2O2. The summed E-state index contributed by atoms with van der Waals surface area (Å²) in [6.45, 7) is 11.1. The van der Waals surface area contributed by atoms with Gasteiger partial charge in [-0.3, -0.25) is 4.79 Å². The van der Waals surface area contributed by atoms with Gasteiger partial charge in [-0.25, -0.2) is 8.78 Å². The van der Waals surface area contributed by atoms with Gasteiger partial charge in [-0.05, 0) is 23.1 Å². The summed E-state index contributed by atoms with van der Waals surface area (Å²) in [6.07, 6.45) is 0. The fourth-order valence-electron chi connectivity index (χ4n) is 6.11. The van der Waals surface area contributed by atoms with Crippen LogP contribution in [0.25, 0.3) is 0 Å². The zero-order chi connectivity index (χ0) is 24.6. The first-order valence-corrected chi connectivity index (χ1v) is 12.3. The topological polar surface area (TPSA) is 43.8 Å². The molecule has 5 atom stereocenters. The van der Waals surface area contributed by atoms with Crippen molar-refractivity contribution in [3.8, 4) is 0 Å². The van der Waals surface area contributed by atoms with Crippen molar-refractivity contribution in [1.82, 2.24) is 9.80 Å². The Labute approximate surface area is 213 Å². The van der Waals surface area contributed by atoms with Gasteiger partial charge >= 0.3 is 0 Å². The maximum Gasteiger partial charge on any atom is 0.227 e. The highest BCUT2D eigenvalue weighted by molar-refractivity contribution is 5.85. The Balaban J connectivity index is 0.00000342. The van der Waals surface area contributed by atoms with Crippen LogP contribution in [0.3, 0.4) is 0 Å². The number of carbonyl (C=O) groups excluding carboxylic acids is 1. The number of piperidine rings is 1. The summed E-state index contributed by atoms with van der Waals surface area (Å²) in [5.41, 5.74) is 0.266. The standard InChI is InChI=1S/C28H36F2N2O2.ClH/c1-18(2)13-31-16-24(23-11-10-22(29)12-26(23)30)25(17-31)27(33)32-14-19(3)28(34,20(4)15-32)21-8-6-5-7-9-21;/h5-12,18-20,24-25,34H,13-17H2,1-4H3;1H/t19-,20+,24-,25+,28+;/m0./s1. The van der Waals surface area contributed by atoms with Crippen LogP contribution in [0.1, 0.15) is 44.7 Å². The van der Waals surface area contributed by atoms with Crippen molar-refractivity contribution in [3.05, 3.63) is 71.3 Å². The molecule has 35 heavy (non-hydrogen) atoms. The number of hydrogen-bond donors (Lipinski definition) is 1. The second-order valence-electron chi connectivity index (χ2n) is 10.7. The van der Waals surface area contributed by atoms with Crippen LogP contribution < -0.4 is 0 Å². The highest BCUT2D eigenvalue weighted by Crippen LogP contribution is 2.43. The maximum atomic E-state index is 14.8. The number of nitrogens with zero attached hydrogens (tertiary/aromatic N) is 2. The fraction of sp³-hybridized carbons (Fsp3) is 0.536. The molecule has 7 heteroatoms. The number of carbonyl (C=O) groups is 1. The number of rotatable bonds is 5. The lowest BCUT2D eigenvalue weighted by Crippen LogP contribution is -2.57. The molecule has 4 nitrogen and oxygen atoms in total. The molecule has 0 spiro atoms. The molecule has 2 fully saturated rings. The van der Waals surface area contributed by atoms with Gasteiger partial charge in [0.05, 0.1) is 11.5 Å². The van der Waals surface area contributed by atoms with Gasteiger partial charge in [0.25, 0.3) is 0 Å². The Morgan fingerprint density at radius 3 is 2.23 bits per heavy atom. The molecule has 0 saturated carbocycles. The highest BCUT2D eigenvalue weighted by atomic mass is 35.5. The molecule has 0 unspecified atom stereocenters. The minimum atomic E-state index is -1.01. The minimum Gasteiger partial charge on any atom is -0.384 e. The van der Waals surface area contributed by atoms with E-state index in [9.17, 15) is 18.7 Å². The van der Waals surface area contributed by atoms with Crippen molar-refractivity contribution < 1.29 is 18.7 Å². The minimum absolute atomic E-state index is 0. The van der Waals surface area contributed by atoms with E-state index < -0.39 is 23.2 Å². The van der Waals surface area contributed by atoms with E-state index in [0.29, 0.717) is 37.7 Å². The van der Waals surface area contributed by atoms with Crippen LogP contribution in [0.5, 0.6) is 0 Å². The Bertz CT molecular complexity index is 1010. The summed E-state index contributed by atoms with van der Waals surface area (Å²) >= 11 is 0. The summed E-state index contributed by atoms with van der Waals surface area (Å²) in [7, 11) is 0. The van der Waals surface area contributed by atoms with Gasteiger partial charge in [0.2, 0.25) is 5.91 Å². The van der Waals surface area contributed by atoms with Crippen molar-refractivity contribution in [1.29, 1.82) is 0 Å². The van der Waals surface area contributed by atoms with E-state index in [1.807, 2.05) is 49.1 Å². The van der Waals surface area contributed by atoms with E-state index in [1.165, 1.54) is 12.1 Å². The molecule has 2 saturated heterocycles. The van der Waals surface area contributed by atoms with E-state index in [4.69, 9.17) is 0 Å². The molecule has 2 aromatic carbocycles. The lowest BCUT2D eigenvalue weighted by atomic mass is 9.70. The summed E-state index contributed by atoms with van der Waals surface area (Å²) in [5.74, 6) is -1.83. The summed E-state index contributed by atoms with van der Waals surface area (Å²) < 4.78 is 28.3. The van der Waals surface area contributed by atoms with Crippen molar-refractivity contribution in [3.63, 3.8) is 0 Å². The average molecular weight is 507 g/mol. The normalized spacial score (nSPS) is 29.3. The predicted molar refractivity (Wildman–Crippen MR) is 136 cm³/mol. The average Bonchev–Trinajstić information content (AvgIpc) is 3.19. The molecular weight excluding hydrogens is 470 g/mol. The van der Waals surface area contributed by atoms with Crippen LogP contribution in [0, 0.1) is 35.3 Å². The van der Waals surface area contributed by atoms with Crippen LogP contribution in [-0.4, -0.2) is 53.5 Å². The van der Waals surface area contributed by atoms with E-state index in [-0.39, 0.29) is 36.1 Å². The van der Waals surface area contributed by atoms with Crippen molar-refractivity contribution in [2.75, 3.05) is 32.7 Å². The number of benzene rings is 2. The van der Waals surface area contributed by atoms with Gasteiger partial charge < -0.3 is 14.9 Å². The molecule has 2 heterocycles. The van der Waals surface area contributed by atoms with Gasteiger partial charge in [-0.2, -0.15) is 0 Å².